The highest BCUT2D eigenvalue weighted by atomic mass is 16.5. The molecule has 6 heteroatoms. The van der Waals surface area contributed by atoms with Crippen molar-refractivity contribution in [1.82, 2.24) is 0 Å². The van der Waals surface area contributed by atoms with Crippen molar-refractivity contribution in [3.05, 3.63) is 82.6 Å². The number of hydrogen-bond donors (Lipinski definition) is 2. The molecule has 132 valence electrons. The van der Waals surface area contributed by atoms with Crippen molar-refractivity contribution in [2.45, 2.75) is 0 Å². The van der Waals surface area contributed by atoms with Crippen molar-refractivity contribution in [2.24, 2.45) is 5.73 Å². The quantitative estimate of drug-likeness (QED) is 0.360. The summed E-state index contributed by atoms with van der Waals surface area (Å²) in [6.45, 7) is 0. The molecule has 26 heavy (non-hydrogen) atoms. The standard InChI is InChI=1S/C20H17NO5/c1-26-20(25)16-9-7-15(8-10-16)17(22)11-6-13-2-4-14(5-3-13)12-18(23)19(21)24/h2-12,23H,1H3,(H2,21,24). The maximum absolute atomic E-state index is 12.2. The number of ether oxygens (including phenoxy) is 1. The average Bonchev–Trinajstić information content (AvgIpc) is 2.66. The number of carbonyl (C=O) groups excluding carboxylic acids is 3. The van der Waals surface area contributed by atoms with Gasteiger partial charge in [0, 0.05) is 5.56 Å². The molecule has 0 fully saturated rings. The summed E-state index contributed by atoms with van der Waals surface area (Å²) in [5.74, 6) is -2.11. The molecule has 0 saturated heterocycles. The Balaban J connectivity index is 2.07. The number of primary amides is 1. The summed E-state index contributed by atoms with van der Waals surface area (Å²) in [6, 6.07) is 13.0. The van der Waals surface area contributed by atoms with Crippen molar-refractivity contribution in [2.75, 3.05) is 7.11 Å². The van der Waals surface area contributed by atoms with Crippen LogP contribution in [0.25, 0.3) is 12.2 Å². The second-order valence-electron chi connectivity index (χ2n) is 5.33. The summed E-state index contributed by atoms with van der Waals surface area (Å²) in [5.41, 5.74) is 7.13. The number of ketones is 1. The van der Waals surface area contributed by atoms with Crippen LogP contribution < -0.4 is 5.73 Å². The molecule has 0 spiro atoms. The molecule has 2 aromatic rings. The van der Waals surface area contributed by atoms with Crippen LogP contribution in [0.5, 0.6) is 0 Å². The van der Waals surface area contributed by atoms with Crippen molar-refractivity contribution in [1.29, 1.82) is 0 Å². The predicted octanol–water partition coefficient (Wildman–Crippen LogP) is 2.75. The number of rotatable bonds is 6. The molecule has 0 saturated carbocycles. The zero-order valence-electron chi connectivity index (χ0n) is 14.0. The van der Waals surface area contributed by atoms with E-state index in [-0.39, 0.29) is 5.78 Å². The molecular weight excluding hydrogens is 334 g/mol. The highest BCUT2D eigenvalue weighted by Crippen LogP contribution is 2.11. The molecule has 0 aromatic heterocycles. The summed E-state index contributed by atoms with van der Waals surface area (Å²) in [7, 11) is 1.29. The third-order valence-corrected chi connectivity index (χ3v) is 3.51. The fraction of sp³-hybridized carbons (Fsp3) is 0.0500. The molecule has 2 aromatic carbocycles. The van der Waals surface area contributed by atoms with Crippen LogP contribution in [-0.2, 0) is 9.53 Å². The zero-order chi connectivity index (χ0) is 19.1. The van der Waals surface area contributed by atoms with E-state index in [0.29, 0.717) is 16.7 Å². The van der Waals surface area contributed by atoms with Gasteiger partial charge in [-0.15, -0.1) is 0 Å². The van der Waals surface area contributed by atoms with Crippen molar-refractivity contribution in [3.8, 4) is 0 Å². The van der Waals surface area contributed by atoms with Gasteiger partial charge in [-0.25, -0.2) is 4.79 Å². The number of amides is 1. The van der Waals surface area contributed by atoms with E-state index in [9.17, 15) is 19.5 Å². The van der Waals surface area contributed by atoms with Gasteiger partial charge in [0.05, 0.1) is 12.7 Å². The number of allylic oxidation sites excluding steroid dienone is 1. The molecule has 0 bridgehead atoms. The van der Waals surface area contributed by atoms with E-state index >= 15 is 0 Å². The van der Waals surface area contributed by atoms with E-state index < -0.39 is 17.6 Å². The van der Waals surface area contributed by atoms with Gasteiger partial charge in [0.1, 0.15) is 0 Å². The fourth-order valence-electron chi connectivity index (χ4n) is 2.09. The Morgan fingerprint density at radius 2 is 1.46 bits per heavy atom. The Morgan fingerprint density at radius 3 is 2.00 bits per heavy atom. The van der Waals surface area contributed by atoms with Gasteiger partial charge in [-0.05, 0) is 35.4 Å². The van der Waals surface area contributed by atoms with E-state index in [2.05, 4.69) is 4.74 Å². The van der Waals surface area contributed by atoms with E-state index in [0.717, 1.165) is 5.56 Å². The summed E-state index contributed by atoms with van der Waals surface area (Å²) >= 11 is 0. The van der Waals surface area contributed by atoms with Crippen LogP contribution in [0, 0.1) is 0 Å². The molecule has 0 unspecified atom stereocenters. The Bertz CT molecular complexity index is 877. The Labute approximate surface area is 150 Å². The van der Waals surface area contributed by atoms with Crippen LogP contribution in [-0.4, -0.2) is 29.9 Å². The van der Waals surface area contributed by atoms with Gasteiger partial charge in [0.2, 0.25) is 0 Å². The number of aliphatic hydroxyl groups excluding tert-OH is 1. The molecule has 0 radical (unpaired) electrons. The number of esters is 1. The first-order valence-electron chi connectivity index (χ1n) is 7.62. The normalized spacial score (nSPS) is 11.3. The summed E-state index contributed by atoms with van der Waals surface area (Å²) in [4.78, 5) is 34.3. The maximum Gasteiger partial charge on any atom is 0.337 e. The first kappa shape index (κ1) is 18.7. The third-order valence-electron chi connectivity index (χ3n) is 3.51. The minimum Gasteiger partial charge on any atom is -0.503 e. The second-order valence-corrected chi connectivity index (χ2v) is 5.33. The number of hydrogen-bond acceptors (Lipinski definition) is 5. The topological polar surface area (TPSA) is 107 Å². The van der Waals surface area contributed by atoms with Gasteiger partial charge < -0.3 is 15.6 Å². The monoisotopic (exact) mass is 351 g/mol. The molecular formula is C20H17NO5. The maximum atomic E-state index is 12.2. The van der Waals surface area contributed by atoms with Gasteiger partial charge in [-0.2, -0.15) is 0 Å². The van der Waals surface area contributed by atoms with E-state index in [1.807, 2.05) is 0 Å². The lowest BCUT2D eigenvalue weighted by Gasteiger charge is -2.00. The number of carbonyl (C=O) groups is 3. The Kier molecular flexibility index (Phi) is 6.06. The average molecular weight is 351 g/mol. The van der Waals surface area contributed by atoms with Crippen LogP contribution in [0.4, 0.5) is 0 Å². The number of aliphatic hydroxyl groups is 1. The second kappa shape index (κ2) is 8.43. The minimum atomic E-state index is -0.905. The number of methoxy groups -OCH3 is 1. The van der Waals surface area contributed by atoms with Crippen LogP contribution in [0.1, 0.15) is 31.8 Å². The van der Waals surface area contributed by atoms with Crippen LogP contribution in [0.2, 0.25) is 0 Å². The molecule has 0 aliphatic carbocycles. The van der Waals surface area contributed by atoms with E-state index in [4.69, 9.17) is 5.73 Å². The van der Waals surface area contributed by atoms with Gasteiger partial charge >= 0.3 is 5.97 Å². The summed E-state index contributed by atoms with van der Waals surface area (Å²) in [5, 5.41) is 9.32. The van der Waals surface area contributed by atoms with Crippen LogP contribution in [0.15, 0.2) is 60.4 Å². The first-order valence-corrected chi connectivity index (χ1v) is 7.62. The molecule has 0 aliphatic rings. The first-order chi connectivity index (χ1) is 12.4. The lowest BCUT2D eigenvalue weighted by molar-refractivity contribution is -0.116. The number of nitrogens with two attached hydrogens (primary N) is 1. The number of benzene rings is 2. The van der Waals surface area contributed by atoms with E-state index in [1.165, 1.54) is 31.4 Å². The Hall–Kier alpha value is -3.67. The molecule has 6 nitrogen and oxygen atoms in total. The van der Waals surface area contributed by atoms with Crippen molar-refractivity contribution in [3.63, 3.8) is 0 Å². The highest BCUT2D eigenvalue weighted by molar-refractivity contribution is 6.07. The molecule has 1 amide bonds. The predicted molar refractivity (Wildman–Crippen MR) is 97.4 cm³/mol. The summed E-state index contributed by atoms with van der Waals surface area (Å²) in [6.07, 6.45) is 4.31. The molecule has 0 aliphatic heterocycles. The van der Waals surface area contributed by atoms with Gasteiger partial charge in [0.15, 0.2) is 11.5 Å². The fourth-order valence-corrected chi connectivity index (χ4v) is 2.09. The van der Waals surface area contributed by atoms with E-state index in [1.54, 1.807) is 42.5 Å². The van der Waals surface area contributed by atoms with Gasteiger partial charge in [0.25, 0.3) is 5.91 Å². The lowest BCUT2D eigenvalue weighted by atomic mass is 10.1. The SMILES string of the molecule is COC(=O)c1ccc(C(=O)C=Cc2ccc(C=C(O)C(N)=O)cc2)cc1. The summed E-state index contributed by atoms with van der Waals surface area (Å²) < 4.78 is 4.61. The zero-order valence-corrected chi connectivity index (χ0v) is 14.0. The smallest absolute Gasteiger partial charge is 0.337 e. The lowest BCUT2D eigenvalue weighted by Crippen LogP contribution is -2.12. The largest absolute Gasteiger partial charge is 0.503 e. The Morgan fingerprint density at radius 1 is 0.923 bits per heavy atom. The molecule has 3 N–H and O–H groups in total. The van der Waals surface area contributed by atoms with Gasteiger partial charge in [-0.3, -0.25) is 9.59 Å². The van der Waals surface area contributed by atoms with Crippen LogP contribution in [0.3, 0.4) is 0 Å². The molecule has 2 rings (SSSR count). The van der Waals surface area contributed by atoms with Crippen molar-refractivity contribution < 1.29 is 24.2 Å². The van der Waals surface area contributed by atoms with Crippen molar-refractivity contribution >= 4 is 29.8 Å². The minimum absolute atomic E-state index is 0.211. The highest BCUT2D eigenvalue weighted by Gasteiger charge is 2.07. The molecule has 0 heterocycles. The third kappa shape index (κ3) is 4.91. The van der Waals surface area contributed by atoms with Crippen LogP contribution >= 0.6 is 0 Å². The van der Waals surface area contributed by atoms with Gasteiger partial charge in [-0.1, -0.05) is 42.5 Å². The molecule has 0 atom stereocenters.